The molecule has 1 aliphatic carbocycles. The lowest BCUT2D eigenvalue weighted by Crippen LogP contribution is -2.54. The lowest BCUT2D eigenvalue weighted by molar-refractivity contribution is -0.145. The summed E-state index contributed by atoms with van der Waals surface area (Å²) in [5.74, 6) is -1.86. The van der Waals surface area contributed by atoms with Gasteiger partial charge in [0.1, 0.15) is 11.3 Å². The van der Waals surface area contributed by atoms with E-state index in [2.05, 4.69) is 5.32 Å². The predicted octanol–water partition coefficient (Wildman–Crippen LogP) is 2.95. The first kappa shape index (κ1) is 15.6. The normalized spacial score (nSPS) is 17.8. The number of phenolic OH excluding ortho intramolecular Hbond substituents is 1. The Bertz CT molecular complexity index is 551. The topological polar surface area (TPSA) is 86.6 Å². The predicted molar refractivity (Wildman–Crippen MR) is 78.7 cm³/mol. The van der Waals surface area contributed by atoms with E-state index in [4.69, 9.17) is 11.6 Å². The van der Waals surface area contributed by atoms with Gasteiger partial charge >= 0.3 is 5.97 Å². The standard InChI is InChI=1S/C15H18ClNO4/c16-10-5-6-12(18)11(9-10)13(19)17-15(14(20)21)7-3-1-2-4-8-15/h5-6,9,18H,1-4,7-8H2,(H,17,19)(H,20,21). The number of carboxylic acid groups (broad SMARTS) is 1. The molecule has 114 valence electrons. The highest BCUT2D eigenvalue weighted by atomic mass is 35.5. The van der Waals surface area contributed by atoms with Crippen molar-refractivity contribution < 1.29 is 19.8 Å². The summed E-state index contributed by atoms with van der Waals surface area (Å²) in [4.78, 5) is 24.0. The molecule has 1 fully saturated rings. The van der Waals surface area contributed by atoms with E-state index >= 15 is 0 Å². The first-order chi connectivity index (χ1) is 9.94. The molecule has 1 amide bonds. The summed E-state index contributed by atoms with van der Waals surface area (Å²) in [5.41, 5.74) is -1.27. The van der Waals surface area contributed by atoms with Crippen molar-refractivity contribution in [1.82, 2.24) is 5.32 Å². The molecule has 5 nitrogen and oxygen atoms in total. The van der Waals surface area contributed by atoms with Gasteiger partial charge in [0, 0.05) is 5.02 Å². The van der Waals surface area contributed by atoms with Gasteiger partial charge in [-0.15, -0.1) is 0 Å². The minimum Gasteiger partial charge on any atom is -0.507 e. The van der Waals surface area contributed by atoms with Gasteiger partial charge in [0.05, 0.1) is 5.56 Å². The zero-order valence-electron chi connectivity index (χ0n) is 11.6. The molecule has 1 aromatic rings. The summed E-state index contributed by atoms with van der Waals surface area (Å²) >= 11 is 5.82. The number of halogens is 1. The monoisotopic (exact) mass is 311 g/mol. The lowest BCUT2D eigenvalue weighted by Gasteiger charge is -2.29. The third kappa shape index (κ3) is 3.47. The van der Waals surface area contributed by atoms with Crippen molar-refractivity contribution in [1.29, 1.82) is 0 Å². The maximum Gasteiger partial charge on any atom is 0.329 e. The number of hydrogen-bond acceptors (Lipinski definition) is 3. The summed E-state index contributed by atoms with van der Waals surface area (Å²) < 4.78 is 0. The smallest absolute Gasteiger partial charge is 0.329 e. The van der Waals surface area contributed by atoms with E-state index in [1.165, 1.54) is 18.2 Å². The van der Waals surface area contributed by atoms with Crippen molar-refractivity contribution >= 4 is 23.5 Å². The number of nitrogens with one attached hydrogen (secondary N) is 1. The van der Waals surface area contributed by atoms with E-state index in [9.17, 15) is 19.8 Å². The number of carboxylic acids is 1. The lowest BCUT2D eigenvalue weighted by atomic mass is 9.89. The Balaban J connectivity index is 2.26. The fraction of sp³-hybridized carbons (Fsp3) is 0.467. The number of carbonyl (C=O) groups is 2. The SMILES string of the molecule is O=C(NC1(C(=O)O)CCCCCC1)c1cc(Cl)ccc1O. The Morgan fingerprint density at radius 3 is 2.33 bits per heavy atom. The highest BCUT2D eigenvalue weighted by molar-refractivity contribution is 6.31. The molecular weight excluding hydrogens is 294 g/mol. The van der Waals surface area contributed by atoms with Crippen molar-refractivity contribution in [2.45, 2.75) is 44.1 Å². The van der Waals surface area contributed by atoms with Crippen LogP contribution < -0.4 is 5.32 Å². The molecule has 0 atom stereocenters. The van der Waals surface area contributed by atoms with Crippen LogP contribution in [0.3, 0.4) is 0 Å². The third-order valence-corrected chi connectivity index (χ3v) is 4.16. The Labute approximate surface area is 127 Å². The van der Waals surface area contributed by atoms with E-state index in [1.807, 2.05) is 0 Å². The van der Waals surface area contributed by atoms with Gasteiger partial charge in [-0.05, 0) is 31.0 Å². The molecule has 2 rings (SSSR count). The second kappa shape index (κ2) is 6.35. The van der Waals surface area contributed by atoms with Crippen LogP contribution in [0.1, 0.15) is 48.9 Å². The molecule has 1 aromatic carbocycles. The van der Waals surface area contributed by atoms with Gasteiger partial charge < -0.3 is 15.5 Å². The van der Waals surface area contributed by atoms with Crippen LogP contribution in [0.15, 0.2) is 18.2 Å². The maximum absolute atomic E-state index is 12.3. The molecule has 0 spiro atoms. The number of aliphatic carboxylic acids is 1. The Hall–Kier alpha value is -1.75. The van der Waals surface area contributed by atoms with Gasteiger partial charge in [0.25, 0.3) is 5.91 Å². The molecule has 0 bridgehead atoms. The third-order valence-electron chi connectivity index (χ3n) is 3.92. The first-order valence-corrected chi connectivity index (χ1v) is 7.37. The summed E-state index contributed by atoms with van der Waals surface area (Å²) in [7, 11) is 0. The van der Waals surface area contributed by atoms with Gasteiger partial charge in [-0.2, -0.15) is 0 Å². The van der Waals surface area contributed by atoms with E-state index < -0.39 is 17.4 Å². The fourth-order valence-corrected chi connectivity index (χ4v) is 2.87. The number of phenols is 1. The number of hydrogen-bond donors (Lipinski definition) is 3. The molecule has 6 heteroatoms. The zero-order chi connectivity index (χ0) is 15.5. The number of aromatic hydroxyl groups is 1. The highest BCUT2D eigenvalue weighted by Crippen LogP contribution is 2.29. The number of amides is 1. The largest absolute Gasteiger partial charge is 0.507 e. The van der Waals surface area contributed by atoms with E-state index in [1.54, 1.807) is 0 Å². The Morgan fingerprint density at radius 1 is 1.14 bits per heavy atom. The summed E-state index contributed by atoms with van der Waals surface area (Å²) in [5, 5.41) is 22.2. The van der Waals surface area contributed by atoms with Crippen LogP contribution in [-0.2, 0) is 4.79 Å². The summed E-state index contributed by atoms with van der Waals surface area (Å²) in [6.07, 6.45) is 4.24. The number of benzene rings is 1. The quantitative estimate of drug-likeness (QED) is 0.749. The van der Waals surface area contributed by atoms with Gasteiger partial charge in [0.15, 0.2) is 0 Å². The zero-order valence-corrected chi connectivity index (χ0v) is 12.3. The average Bonchev–Trinajstić information content (AvgIpc) is 2.68. The van der Waals surface area contributed by atoms with E-state index in [0.717, 1.165) is 25.7 Å². The van der Waals surface area contributed by atoms with Crippen LogP contribution in [0.5, 0.6) is 5.75 Å². The van der Waals surface area contributed by atoms with Crippen molar-refractivity contribution in [3.63, 3.8) is 0 Å². The van der Waals surface area contributed by atoms with Crippen molar-refractivity contribution in [3.05, 3.63) is 28.8 Å². The number of carbonyl (C=O) groups excluding carboxylic acids is 1. The molecule has 0 heterocycles. The maximum atomic E-state index is 12.3. The van der Waals surface area contributed by atoms with Gasteiger partial charge in [-0.25, -0.2) is 4.79 Å². The molecule has 3 N–H and O–H groups in total. The van der Waals surface area contributed by atoms with Crippen LogP contribution in [0.2, 0.25) is 5.02 Å². The fourth-order valence-electron chi connectivity index (χ4n) is 2.70. The van der Waals surface area contributed by atoms with Gasteiger partial charge in [-0.1, -0.05) is 37.3 Å². The molecule has 0 unspecified atom stereocenters. The molecule has 21 heavy (non-hydrogen) atoms. The minimum atomic E-state index is -1.26. The Morgan fingerprint density at radius 2 is 1.76 bits per heavy atom. The van der Waals surface area contributed by atoms with Gasteiger partial charge in [0.2, 0.25) is 0 Å². The van der Waals surface area contributed by atoms with Crippen molar-refractivity contribution in [3.8, 4) is 5.75 Å². The summed E-state index contributed by atoms with van der Waals surface area (Å²) in [6.45, 7) is 0. The first-order valence-electron chi connectivity index (χ1n) is 6.99. The molecule has 1 saturated carbocycles. The molecule has 0 saturated heterocycles. The minimum absolute atomic E-state index is 0.00706. The van der Waals surface area contributed by atoms with Gasteiger partial charge in [-0.3, -0.25) is 4.79 Å². The molecular formula is C15H18ClNO4. The van der Waals surface area contributed by atoms with Crippen LogP contribution in [0.4, 0.5) is 0 Å². The van der Waals surface area contributed by atoms with E-state index in [0.29, 0.717) is 17.9 Å². The molecule has 0 radical (unpaired) electrons. The van der Waals surface area contributed by atoms with Crippen molar-refractivity contribution in [2.24, 2.45) is 0 Å². The highest BCUT2D eigenvalue weighted by Gasteiger charge is 2.40. The van der Waals surface area contributed by atoms with Crippen molar-refractivity contribution in [2.75, 3.05) is 0 Å². The molecule has 1 aliphatic rings. The second-order valence-corrected chi connectivity index (χ2v) is 5.85. The second-order valence-electron chi connectivity index (χ2n) is 5.42. The van der Waals surface area contributed by atoms with Crippen LogP contribution in [0, 0.1) is 0 Å². The van der Waals surface area contributed by atoms with Crippen LogP contribution in [0.25, 0.3) is 0 Å². The average molecular weight is 312 g/mol. The molecule has 0 aromatic heterocycles. The summed E-state index contributed by atoms with van der Waals surface area (Å²) in [6, 6.07) is 4.11. The van der Waals surface area contributed by atoms with Crippen LogP contribution in [-0.4, -0.2) is 27.6 Å². The van der Waals surface area contributed by atoms with Crippen LogP contribution >= 0.6 is 11.6 Å². The van der Waals surface area contributed by atoms with E-state index in [-0.39, 0.29) is 11.3 Å². The molecule has 0 aliphatic heterocycles. The Kier molecular flexibility index (Phi) is 4.73. The number of rotatable bonds is 3.